The molecule has 0 saturated heterocycles. The van der Waals surface area contributed by atoms with Crippen LogP contribution in [0.15, 0.2) is 18.2 Å². The Morgan fingerprint density at radius 3 is 2.67 bits per heavy atom. The highest BCUT2D eigenvalue weighted by Gasteiger charge is 2.18. The lowest BCUT2D eigenvalue weighted by molar-refractivity contribution is 0.498. The van der Waals surface area contributed by atoms with Gasteiger partial charge in [0.05, 0.1) is 15.5 Å². The maximum atomic E-state index is 13.6. The summed E-state index contributed by atoms with van der Waals surface area (Å²) in [6, 6.07) is 4.26. The van der Waals surface area contributed by atoms with E-state index in [0.717, 1.165) is 21.6 Å². The molecule has 1 atom stereocenters. The minimum absolute atomic E-state index is 0.0417. The predicted octanol–water partition coefficient (Wildman–Crippen LogP) is 4.72. The molecule has 1 heterocycles. The van der Waals surface area contributed by atoms with E-state index >= 15 is 0 Å². The normalized spacial score (nSPS) is 12.7. The average Bonchev–Trinajstić information content (AvgIpc) is 2.64. The van der Waals surface area contributed by atoms with E-state index in [4.69, 9.17) is 0 Å². The summed E-state index contributed by atoms with van der Waals surface area (Å²) in [4.78, 5) is 5.36. The highest BCUT2D eigenvalue weighted by atomic mass is 79.9. The van der Waals surface area contributed by atoms with Gasteiger partial charge >= 0.3 is 0 Å². The molecule has 96 valence electrons. The van der Waals surface area contributed by atoms with Crippen molar-refractivity contribution in [3.05, 3.63) is 51.0 Å². The van der Waals surface area contributed by atoms with E-state index in [0.29, 0.717) is 12.0 Å². The molecule has 0 fully saturated rings. The van der Waals surface area contributed by atoms with Gasteiger partial charge in [-0.3, -0.25) is 0 Å². The summed E-state index contributed by atoms with van der Waals surface area (Å²) >= 11 is 5.10. The fourth-order valence-electron chi connectivity index (χ4n) is 1.83. The van der Waals surface area contributed by atoms with E-state index in [1.165, 1.54) is 6.07 Å². The molecule has 0 aliphatic rings. The van der Waals surface area contributed by atoms with Crippen LogP contribution >= 0.6 is 27.3 Å². The highest BCUT2D eigenvalue weighted by molar-refractivity contribution is 9.09. The Hall–Kier alpha value is -0.810. The Labute approximate surface area is 117 Å². The van der Waals surface area contributed by atoms with Crippen LogP contribution in [0.5, 0.6) is 0 Å². The number of alkyl halides is 1. The first-order valence-corrected chi connectivity index (χ1v) is 7.23. The third-order valence-corrected chi connectivity index (χ3v) is 4.93. The van der Waals surface area contributed by atoms with Crippen molar-refractivity contribution in [3.63, 3.8) is 0 Å². The van der Waals surface area contributed by atoms with Gasteiger partial charge in [-0.1, -0.05) is 28.1 Å². The lowest BCUT2D eigenvalue weighted by Gasteiger charge is -2.09. The molecule has 0 spiro atoms. The minimum atomic E-state index is -0.801. The number of benzene rings is 1. The van der Waals surface area contributed by atoms with E-state index in [9.17, 15) is 8.78 Å². The maximum Gasteiger partial charge on any atom is 0.162 e. The Kier molecular flexibility index (Phi) is 4.12. The Morgan fingerprint density at radius 2 is 2.06 bits per heavy atom. The molecule has 1 aromatic carbocycles. The van der Waals surface area contributed by atoms with Crippen LogP contribution in [0.1, 0.15) is 26.0 Å². The van der Waals surface area contributed by atoms with E-state index in [1.807, 2.05) is 13.8 Å². The van der Waals surface area contributed by atoms with Crippen molar-refractivity contribution in [1.82, 2.24) is 4.98 Å². The summed E-state index contributed by atoms with van der Waals surface area (Å²) in [5, 5.41) is 0.978. The van der Waals surface area contributed by atoms with Crippen LogP contribution in [0.2, 0.25) is 0 Å². The lowest BCUT2D eigenvalue weighted by Crippen LogP contribution is -1.99. The van der Waals surface area contributed by atoms with Crippen molar-refractivity contribution in [1.29, 1.82) is 0 Å². The van der Waals surface area contributed by atoms with E-state index < -0.39 is 11.6 Å². The van der Waals surface area contributed by atoms with E-state index in [2.05, 4.69) is 20.9 Å². The number of rotatable bonds is 3. The number of nitrogens with zero attached hydrogens (tertiary/aromatic N) is 1. The molecule has 0 saturated carbocycles. The van der Waals surface area contributed by atoms with Gasteiger partial charge in [-0.05, 0) is 31.9 Å². The molecule has 2 rings (SSSR count). The van der Waals surface area contributed by atoms with Gasteiger partial charge in [0.15, 0.2) is 11.6 Å². The zero-order valence-corrected chi connectivity index (χ0v) is 12.4. The molecule has 1 nitrogen and oxygen atoms in total. The van der Waals surface area contributed by atoms with Crippen LogP contribution in [-0.4, -0.2) is 4.98 Å². The molecular formula is C13H12BrF2NS. The fraction of sp³-hybridized carbons (Fsp3) is 0.308. The fourth-order valence-corrected chi connectivity index (χ4v) is 3.70. The molecule has 0 amide bonds. The molecule has 2 aromatic rings. The Bertz CT molecular complexity index is 568. The summed E-state index contributed by atoms with van der Waals surface area (Å²) in [5.74, 6) is -1.56. The number of halogens is 3. The zero-order chi connectivity index (χ0) is 13.3. The van der Waals surface area contributed by atoms with Crippen LogP contribution in [-0.2, 0) is 6.42 Å². The monoisotopic (exact) mass is 331 g/mol. The molecule has 1 aromatic heterocycles. The largest absolute Gasteiger partial charge is 0.247 e. The molecule has 0 radical (unpaired) electrons. The van der Waals surface area contributed by atoms with Gasteiger partial charge in [-0.15, -0.1) is 11.3 Å². The van der Waals surface area contributed by atoms with Gasteiger partial charge in [-0.2, -0.15) is 0 Å². The molecule has 0 bridgehead atoms. The second-order valence-corrected chi connectivity index (χ2v) is 6.41. The van der Waals surface area contributed by atoms with E-state index in [1.54, 1.807) is 17.4 Å². The SMILES string of the molecule is Cc1nc(C)c(C(Br)Cc2cccc(F)c2F)s1. The summed E-state index contributed by atoms with van der Waals surface area (Å²) in [7, 11) is 0. The van der Waals surface area contributed by atoms with Crippen molar-refractivity contribution in [2.45, 2.75) is 25.1 Å². The number of aromatic nitrogens is 1. The van der Waals surface area contributed by atoms with Crippen LogP contribution < -0.4 is 0 Å². The van der Waals surface area contributed by atoms with Crippen LogP contribution in [0, 0.1) is 25.5 Å². The molecule has 0 aliphatic carbocycles. The maximum absolute atomic E-state index is 13.6. The number of hydrogen-bond donors (Lipinski definition) is 0. The highest BCUT2D eigenvalue weighted by Crippen LogP contribution is 2.34. The first-order chi connectivity index (χ1) is 8.49. The molecule has 18 heavy (non-hydrogen) atoms. The summed E-state index contributed by atoms with van der Waals surface area (Å²) in [5.41, 5.74) is 1.32. The van der Waals surface area contributed by atoms with Crippen LogP contribution in [0.4, 0.5) is 8.78 Å². The quantitative estimate of drug-likeness (QED) is 0.742. The second-order valence-electron chi connectivity index (χ2n) is 4.07. The van der Waals surface area contributed by atoms with E-state index in [-0.39, 0.29) is 4.83 Å². The van der Waals surface area contributed by atoms with Crippen molar-refractivity contribution < 1.29 is 8.78 Å². The smallest absolute Gasteiger partial charge is 0.162 e. The lowest BCUT2D eigenvalue weighted by atomic mass is 10.1. The third-order valence-electron chi connectivity index (χ3n) is 2.65. The Morgan fingerprint density at radius 1 is 1.33 bits per heavy atom. The average molecular weight is 332 g/mol. The van der Waals surface area contributed by atoms with Gasteiger partial charge in [0, 0.05) is 4.88 Å². The first-order valence-electron chi connectivity index (χ1n) is 5.50. The number of aryl methyl sites for hydroxylation is 2. The van der Waals surface area contributed by atoms with Crippen LogP contribution in [0.25, 0.3) is 0 Å². The molecule has 1 unspecified atom stereocenters. The van der Waals surface area contributed by atoms with Gasteiger partial charge in [0.2, 0.25) is 0 Å². The predicted molar refractivity (Wildman–Crippen MR) is 73.3 cm³/mol. The standard InChI is InChI=1S/C13H12BrF2NS/c1-7-13(18-8(2)17-7)10(14)6-9-4-3-5-11(15)12(9)16/h3-5,10H,6H2,1-2H3. The minimum Gasteiger partial charge on any atom is -0.247 e. The zero-order valence-electron chi connectivity index (χ0n) is 10.0. The molecule has 5 heteroatoms. The van der Waals surface area contributed by atoms with Gasteiger partial charge in [0.1, 0.15) is 0 Å². The van der Waals surface area contributed by atoms with Crippen molar-refractivity contribution in [2.75, 3.05) is 0 Å². The molecular weight excluding hydrogens is 320 g/mol. The molecule has 0 N–H and O–H groups in total. The summed E-state index contributed by atoms with van der Waals surface area (Å²) in [6.07, 6.45) is 0.409. The van der Waals surface area contributed by atoms with Gasteiger partial charge < -0.3 is 0 Å². The third kappa shape index (κ3) is 2.78. The van der Waals surface area contributed by atoms with Crippen molar-refractivity contribution in [2.24, 2.45) is 0 Å². The van der Waals surface area contributed by atoms with Gasteiger partial charge in [-0.25, -0.2) is 13.8 Å². The number of hydrogen-bond acceptors (Lipinski definition) is 2. The summed E-state index contributed by atoms with van der Waals surface area (Å²) < 4.78 is 26.7. The first kappa shape index (κ1) is 13.6. The van der Waals surface area contributed by atoms with Crippen molar-refractivity contribution >= 4 is 27.3 Å². The van der Waals surface area contributed by atoms with Crippen molar-refractivity contribution in [3.8, 4) is 0 Å². The Balaban J connectivity index is 2.24. The second kappa shape index (κ2) is 5.45. The summed E-state index contributed by atoms with van der Waals surface area (Å²) in [6.45, 7) is 3.86. The topological polar surface area (TPSA) is 12.9 Å². The number of thiazole rings is 1. The molecule has 0 aliphatic heterocycles. The van der Waals surface area contributed by atoms with Crippen LogP contribution in [0.3, 0.4) is 0 Å². The van der Waals surface area contributed by atoms with Gasteiger partial charge in [0.25, 0.3) is 0 Å².